The number of carbonyl (C=O) groups excluding carboxylic acids is 1. The number of benzene rings is 1. The lowest BCUT2D eigenvalue weighted by molar-refractivity contribution is -0.139. The van der Waals surface area contributed by atoms with Crippen LogP contribution in [0.25, 0.3) is 0 Å². The Labute approximate surface area is 122 Å². The summed E-state index contributed by atoms with van der Waals surface area (Å²) in [6.07, 6.45) is 0.977. The number of carbonyl (C=O) groups is 2. The molecule has 0 bridgehead atoms. The van der Waals surface area contributed by atoms with Gasteiger partial charge in [-0.25, -0.2) is 9.59 Å². The van der Waals surface area contributed by atoms with Crippen molar-refractivity contribution in [3.8, 4) is 11.8 Å². The fraction of sp³-hybridized carbons (Fsp3) is 0.357. The highest BCUT2D eigenvalue weighted by molar-refractivity contribution is 5.93. The number of methoxy groups -OCH3 is 1. The van der Waals surface area contributed by atoms with Gasteiger partial charge in [-0.2, -0.15) is 5.26 Å². The van der Waals surface area contributed by atoms with E-state index in [0.717, 1.165) is 0 Å². The van der Waals surface area contributed by atoms with Crippen molar-refractivity contribution in [3.63, 3.8) is 0 Å². The summed E-state index contributed by atoms with van der Waals surface area (Å²) in [6.45, 7) is 1.83. The molecule has 0 fully saturated rings. The Morgan fingerprint density at radius 1 is 1.48 bits per heavy atom. The van der Waals surface area contributed by atoms with Crippen LogP contribution in [0.15, 0.2) is 18.2 Å². The zero-order valence-corrected chi connectivity index (χ0v) is 11.8. The number of amides is 2. The molecular formula is C14H17N3O4. The number of ether oxygens (including phenoxy) is 1. The second-order valence-corrected chi connectivity index (χ2v) is 4.30. The lowest BCUT2D eigenvalue weighted by Gasteiger charge is -2.15. The van der Waals surface area contributed by atoms with Gasteiger partial charge in [-0.1, -0.05) is 13.3 Å². The Morgan fingerprint density at radius 3 is 2.71 bits per heavy atom. The molecule has 0 saturated carbocycles. The largest absolute Gasteiger partial charge is 0.495 e. The molecule has 2 amide bonds. The van der Waals surface area contributed by atoms with E-state index in [-0.39, 0.29) is 0 Å². The molecule has 1 aromatic carbocycles. The molecule has 0 aliphatic rings. The summed E-state index contributed by atoms with van der Waals surface area (Å²) in [6, 6.07) is 4.90. The van der Waals surface area contributed by atoms with E-state index in [1.165, 1.54) is 25.3 Å². The average molecular weight is 291 g/mol. The number of hydrogen-bond donors (Lipinski definition) is 3. The molecule has 0 saturated heterocycles. The Bertz CT molecular complexity index is 566. The van der Waals surface area contributed by atoms with Crippen molar-refractivity contribution in [3.05, 3.63) is 23.8 Å². The fourth-order valence-electron chi connectivity index (χ4n) is 1.73. The van der Waals surface area contributed by atoms with Gasteiger partial charge in [0.25, 0.3) is 0 Å². The van der Waals surface area contributed by atoms with Crippen molar-refractivity contribution in [1.29, 1.82) is 5.26 Å². The van der Waals surface area contributed by atoms with Crippen molar-refractivity contribution in [2.45, 2.75) is 25.8 Å². The maximum Gasteiger partial charge on any atom is 0.326 e. The summed E-state index contributed by atoms with van der Waals surface area (Å²) in [5.41, 5.74) is 0.752. The average Bonchev–Trinajstić information content (AvgIpc) is 2.47. The second-order valence-electron chi connectivity index (χ2n) is 4.30. The van der Waals surface area contributed by atoms with E-state index in [2.05, 4.69) is 10.6 Å². The van der Waals surface area contributed by atoms with E-state index in [1.54, 1.807) is 0 Å². The molecule has 112 valence electrons. The van der Waals surface area contributed by atoms with Gasteiger partial charge >= 0.3 is 12.0 Å². The number of nitrogens with zero attached hydrogens (tertiary/aromatic N) is 1. The molecule has 7 nitrogen and oxygen atoms in total. The Hall–Kier alpha value is -2.75. The number of nitriles is 1. The van der Waals surface area contributed by atoms with Gasteiger partial charge in [0, 0.05) is 6.07 Å². The smallest absolute Gasteiger partial charge is 0.326 e. The quantitative estimate of drug-likeness (QED) is 0.741. The zero-order chi connectivity index (χ0) is 15.8. The Balaban J connectivity index is 2.79. The Morgan fingerprint density at radius 2 is 2.19 bits per heavy atom. The third-order valence-electron chi connectivity index (χ3n) is 2.76. The zero-order valence-electron chi connectivity index (χ0n) is 11.8. The van der Waals surface area contributed by atoms with Gasteiger partial charge in [-0.3, -0.25) is 0 Å². The van der Waals surface area contributed by atoms with Gasteiger partial charge in [0.05, 0.1) is 24.4 Å². The van der Waals surface area contributed by atoms with E-state index in [4.69, 9.17) is 15.1 Å². The van der Waals surface area contributed by atoms with Crippen LogP contribution in [0.5, 0.6) is 5.75 Å². The van der Waals surface area contributed by atoms with Crippen LogP contribution >= 0.6 is 0 Å². The molecule has 7 heteroatoms. The van der Waals surface area contributed by atoms with Crippen LogP contribution in [0, 0.1) is 11.3 Å². The molecule has 0 aromatic heterocycles. The van der Waals surface area contributed by atoms with Crippen LogP contribution < -0.4 is 15.4 Å². The van der Waals surface area contributed by atoms with Crippen LogP contribution in [0.1, 0.15) is 25.3 Å². The highest BCUT2D eigenvalue weighted by atomic mass is 16.5. The second kappa shape index (κ2) is 7.75. The number of aliphatic carboxylic acids is 1. The fourth-order valence-corrected chi connectivity index (χ4v) is 1.73. The van der Waals surface area contributed by atoms with Gasteiger partial charge in [-0.05, 0) is 18.6 Å². The lowest BCUT2D eigenvalue weighted by atomic mass is 10.2. The number of carboxylic acid groups (broad SMARTS) is 1. The Kier molecular flexibility index (Phi) is 6.01. The third kappa shape index (κ3) is 4.69. The molecule has 1 aromatic rings. The maximum absolute atomic E-state index is 11.8. The molecule has 0 heterocycles. The molecule has 1 rings (SSSR count). The molecular weight excluding hydrogens is 274 g/mol. The van der Waals surface area contributed by atoms with Crippen molar-refractivity contribution in [2.24, 2.45) is 0 Å². The predicted octanol–water partition coefficient (Wildman–Crippen LogP) is 1.94. The van der Waals surface area contributed by atoms with E-state index >= 15 is 0 Å². The standard InChI is InChI=1S/C14H17N3O4/c1-3-4-11(13(18)19)17-14(20)16-10-6-5-9(8-15)7-12(10)21-2/h5-7,11H,3-4H2,1-2H3,(H,18,19)(H2,16,17,20)/t11-/m1/s1. The van der Waals surface area contributed by atoms with Crippen LogP contribution in [-0.2, 0) is 4.79 Å². The summed E-state index contributed by atoms with van der Waals surface area (Å²) in [5, 5.41) is 22.7. The van der Waals surface area contributed by atoms with Crippen LogP contribution in [-0.4, -0.2) is 30.3 Å². The van der Waals surface area contributed by atoms with Crippen LogP contribution in [0.2, 0.25) is 0 Å². The first-order valence-corrected chi connectivity index (χ1v) is 6.40. The highest BCUT2D eigenvalue weighted by Gasteiger charge is 2.19. The van der Waals surface area contributed by atoms with Crippen molar-refractivity contribution < 1.29 is 19.4 Å². The van der Waals surface area contributed by atoms with Crippen molar-refractivity contribution >= 4 is 17.7 Å². The summed E-state index contributed by atoms with van der Waals surface area (Å²) < 4.78 is 5.08. The monoisotopic (exact) mass is 291 g/mol. The minimum atomic E-state index is -1.08. The molecule has 21 heavy (non-hydrogen) atoms. The van der Waals surface area contributed by atoms with Gasteiger partial charge in [0.1, 0.15) is 11.8 Å². The molecule has 3 N–H and O–H groups in total. The van der Waals surface area contributed by atoms with Gasteiger partial charge < -0.3 is 20.5 Å². The van der Waals surface area contributed by atoms with Crippen molar-refractivity contribution in [1.82, 2.24) is 5.32 Å². The third-order valence-corrected chi connectivity index (χ3v) is 2.76. The number of nitrogens with one attached hydrogen (secondary N) is 2. The number of urea groups is 1. The summed E-state index contributed by atoms with van der Waals surface area (Å²) in [7, 11) is 1.41. The normalized spacial score (nSPS) is 11.1. The van der Waals surface area contributed by atoms with Crippen LogP contribution in [0.4, 0.5) is 10.5 Å². The van der Waals surface area contributed by atoms with E-state index in [1.807, 2.05) is 13.0 Å². The van der Waals surface area contributed by atoms with Crippen LogP contribution in [0.3, 0.4) is 0 Å². The van der Waals surface area contributed by atoms with Gasteiger partial charge in [0.15, 0.2) is 0 Å². The number of rotatable bonds is 6. The first-order valence-electron chi connectivity index (χ1n) is 6.40. The predicted molar refractivity (Wildman–Crippen MR) is 76.2 cm³/mol. The first-order chi connectivity index (χ1) is 10.0. The first kappa shape index (κ1) is 16.3. The summed E-state index contributed by atoms with van der Waals surface area (Å²) >= 11 is 0. The van der Waals surface area contributed by atoms with Gasteiger partial charge in [-0.15, -0.1) is 0 Å². The van der Waals surface area contributed by atoms with E-state index in [9.17, 15) is 9.59 Å². The molecule has 0 aliphatic heterocycles. The number of hydrogen-bond acceptors (Lipinski definition) is 4. The minimum absolute atomic E-state index is 0.326. The topological polar surface area (TPSA) is 111 Å². The maximum atomic E-state index is 11.8. The van der Waals surface area contributed by atoms with E-state index in [0.29, 0.717) is 29.8 Å². The molecule has 1 atom stereocenters. The molecule has 0 spiro atoms. The highest BCUT2D eigenvalue weighted by Crippen LogP contribution is 2.25. The lowest BCUT2D eigenvalue weighted by Crippen LogP contribution is -2.42. The summed E-state index contributed by atoms with van der Waals surface area (Å²) in [5.74, 6) is -0.759. The molecule has 0 aliphatic carbocycles. The molecule has 0 radical (unpaired) electrons. The SMILES string of the molecule is CCC[C@@H](NC(=O)Nc1ccc(C#N)cc1OC)C(=O)O. The summed E-state index contributed by atoms with van der Waals surface area (Å²) in [4.78, 5) is 22.8. The van der Waals surface area contributed by atoms with E-state index < -0.39 is 18.0 Å². The number of carboxylic acids is 1. The van der Waals surface area contributed by atoms with Crippen molar-refractivity contribution in [2.75, 3.05) is 12.4 Å². The molecule has 0 unspecified atom stereocenters. The van der Waals surface area contributed by atoms with Gasteiger partial charge in [0.2, 0.25) is 0 Å². The minimum Gasteiger partial charge on any atom is -0.495 e. The number of anilines is 1.